The second-order valence-corrected chi connectivity index (χ2v) is 7.97. The van der Waals surface area contributed by atoms with Crippen LogP contribution in [-0.2, 0) is 7.05 Å². The summed E-state index contributed by atoms with van der Waals surface area (Å²) in [6.45, 7) is 7.62. The predicted molar refractivity (Wildman–Crippen MR) is 133 cm³/mol. The van der Waals surface area contributed by atoms with Crippen molar-refractivity contribution in [3.63, 3.8) is 0 Å². The van der Waals surface area contributed by atoms with E-state index in [-0.39, 0.29) is 0 Å². The Hall–Kier alpha value is -3.71. The van der Waals surface area contributed by atoms with Crippen LogP contribution in [0.4, 0.5) is 11.6 Å². The van der Waals surface area contributed by atoms with Gasteiger partial charge >= 0.3 is 0 Å². The van der Waals surface area contributed by atoms with Gasteiger partial charge in [-0.25, -0.2) is 9.97 Å². The van der Waals surface area contributed by atoms with Gasteiger partial charge in [-0.2, -0.15) is 5.10 Å². The summed E-state index contributed by atoms with van der Waals surface area (Å²) in [6.07, 6.45) is 7.43. The summed E-state index contributed by atoms with van der Waals surface area (Å²) >= 11 is 0. The van der Waals surface area contributed by atoms with Crippen molar-refractivity contribution >= 4 is 28.5 Å². The van der Waals surface area contributed by atoms with E-state index in [1.165, 1.54) is 22.2 Å². The van der Waals surface area contributed by atoms with E-state index < -0.39 is 0 Å². The first-order valence-electron chi connectivity index (χ1n) is 10.6. The minimum atomic E-state index is 0.314. The molecule has 1 fully saturated rings. The Morgan fingerprint density at radius 1 is 1.09 bits per heavy atom. The third kappa shape index (κ3) is 4.48. The minimum Gasteiger partial charge on any atom is -0.373 e. The third-order valence-corrected chi connectivity index (χ3v) is 5.76. The van der Waals surface area contributed by atoms with Gasteiger partial charge in [0.1, 0.15) is 11.6 Å². The maximum Gasteiger partial charge on any atom is 0.129 e. The third-order valence-electron chi connectivity index (χ3n) is 5.76. The van der Waals surface area contributed by atoms with Gasteiger partial charge in [0, 0.05) is 62.3 Å². The summed E-state index contributed by atoms with van der Waals surface area (Å²) < 4.78 is 1.89. The van der Waals surface area contributed by atoms with E-state index in [4.69, 9.17) is 5.73 Å². The van der Waals surface area contributed by atoms with Gasteiger partial charge in [-0.15, -0.1) is 0 Å². The van der Waals surface area contributed by atoms with E-state index in [0.29, 0.717) is 6.04 Å². The molecule has 3 aromatic heterocycles. The van der Waals surface area contributed by atoms with E-state index >= 15 is 0 Å². The smallest absolute Gasteiger partial charge is 0.129 e. The number of anilines is 2. The highest BCUT2D eigenvalue weighted by Gasteiger charge is 2.23. The van der Waals surface area contributed by atoms with Crippen LogP contribution in [0.15, 0.2) is 61.6 Å². The van der Waals surface area contributed by atoms with Gasteiger partial charge < -0.3 is 16.0 Å². The fraction of sp³-hybridized carbons (Fsp3) is 0.240. The van der Waals surface area contributed by atoms with Crippen LogP contribution in [0.1, 0.15) is 11.3 Å². The zero-order valence-corrected chi connectivity index (χ0v) is 18.8. The second-order valence-electron chi connectivity index (χ2n) is 7.97. The van der Waals surface area contributed by atoms with Gasteiger partial charge in [0.2, 0.25) is 0 Å². The van der Waals surface area contributed by atoms with Crippen LogP contribution in [-0.4, -0.2) is 45.9 Å². The molecule has 0 radical (unpaired) electrons. The molecular weight excluding hydrogens is 398 g/mol. The first kappa shape index (κ1) is 21.5. The number of nitrogens with one attached hydrogen (secondary N) is 1. The van der Waals surface area contributed by atoms with E-state index in [9.17, 15) is 0 Å². The van der Waals surface area contributed by atoms with Gasteiger partial charge in [-0.1, -0.05) is 24.8 Å². The van der Waals surface area contributed by atoms with Crippen molar-refractivity contribution in [2.75, 3.05) is 30.4 Å². The zero-order chi connectivity index (χ0) is 22.7. The largest absolute Gasteiger partial charge is 0.373 e. The van der Waals surface area contributed by atoms with Crippen LogP contribution in [0, 0.1) is 6.92 Å². The molecule has 0 atom stereocenters. The van der Waals surface area contributed by atoms with Crippen molar-refractivity contribution < 1.29 is 0 Å². The predicted octanol–water partition coefficient (Wildman–Crippen LogP) is 3.86. The van der Waals surface area contributed by atoms with Crippen LogP contribution >= 0.6 is 0 Å². The lowest BCUT2D eigenvalue weighted by Crippen LogP contribution is -2.56. The highest BCUT2D eigenvalue weighted by molar-refractivity contribution is 5.88. The van der Waals surface area contributed by atoms with Crippen LogP contribution in [0.25, 0.3) is 28.0 Å². The molecule has 32 heavy (non-hydrogen) atoms. The molecule has 4 aromatic rings. The SMILES string of the molecule is C=Cc1ccnc(N2CC(N)C2)c1.CNc1cc2cc(-c3cnn(C)c3C)ccc2cn1. The van der Waals surface area contributed by atoms with E-state index in [1.807, 2.05) is 49.4 Å². The molecule has 0 amide bonds. The molecule has 7 heteroatoms. The lowest BCUT2D eigenvalue weighted by Gasteiger charge is -2.37. The monoisotopic (exact) mass is 427 g/mol. The summed E-state index contributed by atoms with van der Waals surface area (Å²) in [5, 5.41) is 9.69. The van der Waals surface area contributed by atoms with Crippen LogP contribution < -0.4 is 16.0 Å². The summed E-state index contributed by atoms with van der Waals surface area (Å²) in [6, 6.07) is 12.7. The topological polar surface area (TPSA) is 84.9 Å². The molecule has 1 aliphatic heterocycles. The molecule has 4 heterocycles. The van der Waals surface area contributed by atoms with Crippen LogP contribution in [0.2, 0.25) is 0 Å². The van der Waals surface area contributed by atoms with E-state index in [0.717, 1.165) is 35.7 Å². The standard InChI is InChI=1S/C15H16N4.C10H13N3/c1-10-14(9-18-19(10)3)11-4-5-12-8-17-15(16-2)7-13(12)6-11;1-2-8-3-4-12-10(5-8)13-6-9(11)7-13/h4-9H,1-3H3,(H,16,17);2-5,9H,1,6-7,11H2. The number of pyridine rings is 2. The number of aromatic nitrogens is 4. The molecule has 7 nitrogen and oxygen atoms in total. The number of hydrogen-bond acceptors (Lipinski definition) is 6. The number of fused-ring (bicyclic) bond motifs is 1. The molecule has 0 bridgehead atoms. The molecule has 5 rings (SSSR count). The Balaban J connectivity index is 0.000000165. The van der Waals surface area contributed by atoms with Crippen molar-refractivity contribution in [1.29, 1.82) is 0 Å². The van der Waals surface area contributed by atoms with Gasteiger partial charge in [0.15, 0.2) is 0 Å². The quantitative estimate of drug-likeness (QED) is 0.515. The fourth-order valence-corrected chi connectivity index (χ4v) is 3.66. The lowest BCUT2D eigenvalue weighted by molar-refractivity contribution is 0.514. The number of hydrogen-bond donors (Lipinski definition) is 2. The maximum absolute atomic E-state index is 5.69. The van der Waals surface area contributed by atoms with Gasteiger partial charge in [-0.3, -0.25) is 4.68 Å². The Morgan fingerprint density at radius 2 is 1.91 bits per heavy atom. The molecule has 164 valence electrons. The molecule has 0 aliphatic carbocycles. The summed E-state index contributed by atoms with van der Waals surface area (Å²) in [5.74, 6) is 1.88. The van der Waals surface area contributed by atoms with Crippen molar-refractivity contribution in [3.8, 4) is 11.1 Å². The molecule has 0 spiro atoms. The Bertz CT molecular complexity index is 1240. The average molecular weight is 428 g/mol. The molecule has 0 saturated carbocycles. The molecular formula is C25H29N7. The maximum atomic E-state index is 5.69. The lowest BCUT2D eigenvalue weighted by atomic mass is 10.0. The van der Waals surface area contributed by atoms with Crippen molar-refractivity contribution in [3.05, 3.63) is 72.8 Å². The van der Waals surface area contributed by atoms with Crippen LogP contribution in [0.3, 0.4) is 0 Å². The van der Waals surface area contributed by atoms with Crippen molar-refractivity contribution in [1.82, 2.24) is 19.7 Å². The van der Waals surface area contributed by atoms with Gasteiger partial charge in [-0.05, 0) is 47.7 Å². The molecule has 0 unspecified atom stereocenters. The Labute approximate surface area is 188 Å². The van der Waals surface area contributed by atoms with Gasteiger partial charge in [0.25, 0.3) is 0 Å². The summed E-state index contributed by atoms with van der Waals surface area (Å²) in [4.78, 5) is 10.8. The number of nitrogens with two attached hydrogens (primary N) is 1. The highest BCUT2D eigenvalue weighted by atomic mass is 15.3. The molecule has 3 N–H and O–H groups in total. The Morgan fingerprint density at radius 3 is 2.56 bits per heavy atom. The number of benzene rings is 1. The van der Waals surface area contributed by atoms with Crippen LogP contribution in [0.5, 0.6) is 0 Å². The highest BCUT2D eigenvalue weighted by Crippen LogP contribution is 2.27. The number of nitrogens with zero attached hydrogens (tertiary/aromatic N) is 5. The minimum absolute atomic E-state index is 0.314. The average Bonchev–Trinajstić information content (AvgIpc) is 3.14. The molecule has 1 aliphatic rings. The van der Waals surface area contributed by atoms with E-state index in [2.05, 4.69) is 63.1 Å². The Kier molecular flexibility index (Phi) is 6.18. The first-order valence-corrected chi connectivity index (χ1v) is 10.6. The molecule has 1 saturated heterocycles. The van der Waals surface area contributed by atoms with Crippen molar-refractivity contribution in [2.24, 2.45) is 12.8 Å². The molecule has 1 aromatic carbocycles. The zero-order valence-electron chi connectivity index (χ0n) is 18.8. The number of rotatable bonds is 4. The second kappa shape index (κ2) is 9.20. The summed E-state index contributed by atoms with van der Waals surface area (Å²) in [5.41, 5.74) is 10.3. The van der Waals surface area contributed by atoms with E-state index in [1.54, 1.807) is 6.20 Å². The fourth-order valence-electron chi connectivity index (χ4n) is 3.66. The van der Waals surface area contributed by atoms with Gasteiger partial charge in [0.05, 0.1) is 6.20 Å². The number of aryl methyl sites for hydroxylation is 1. The van der Waals surface area contributed by atoms with Crippen molar-refractivity contribution in [2.45, 2.75) is 13.0 Å². The normalized spacial score (nSPS) is 13.3. The summed E-state index contributed by atoms with van der Waals surface area (Å²) in [7, 11) is 3.84. The first-order chi connectivity index (χ1) is 15.5.